The molecule has 6 heteroatoms. The Bertz CT molecular complexity index is 681. The third-order valence-corrected chi connectivity index (χ3v) is 3.55. The van der Waals surface area contributed by atoms with Gasteiger partial charge in [0, 0.05) is 25.5 Å². The van der Waals surface area contributed by atoms with Gasteiger partial charge in [-0.05, 0) is 18.6 Å². The molecule has 6 nitrogen and oxygen atoms in total. The molecule has 1 amide bonds. The number of carboxylic acid groups (broad SMARTS) is 1. The summed E-state index contributed by atoms with van der Waals surface area (Å²) in [6.07, 6.45) is 3.62. The van der Waals surface area contributed by atoms with Gasteiger partial charge in [-0.3, -0.25) is 19.6 Å². The summed E-state index contributed by atoms with van der Waals surface area (Å²) < 4.78 is 0. The van der Waals surface area contributed by atoms with Gasteiger partial charge in [0.1, 0.15) is 5.52 Å². The Morgan fingerprint density at radius 2 is 2.05 bits per heavy atom. The summed E-state index contributed by atoms with van der Waals surface area (Å²) in [5.74, 6) is -1.50. The second-order valence-corrected chi connectivity index (χ2v) is 4.80. The average molecular weight is 271 g/mol. The number of benzene rings is 1. The number of hydrogen-bond donors (Lipinski definition) is 1. The average Bonchev–Trinajstić information content (AvgIpc) is 2.96. The summed E-state index contributed by atoms with van der Waals surface area (Å²) in [7, 11) is 0. The van der Waals surface area contributed by atoms with Crippen LogP contribution in [0.1, 0.15) is 16.8 Å². The highest BCUT2D eigenvalue weighted by Gasteiger charge is 2.31. The van der Waals surface area contributed by atoms with Crippen LogP contribution in [0.3, 0.4) is 0 Å². The van der Waals surface area contributed by atoms with Crippen LogP contribution in [0, 0.1) is 5.92 Å². The minimum absolute atomic E-state index is 0.181. The van der Waals surface area contributed by atoms with Crippen molar-refractivity contribution in [1.29, 1.82) is 0 Å². The van der Waals surface area contributed by atoms with Crippen molar-refractivity contribution in [2.75, 3.05) is 13.1 Å². The normalized spacial score (nSPS) is 18.4. The number of amides is 1. The van der Waals surface area contributed by atoms with Gasteiger partial charge >= 0.3 is 5.97 Å². The molecule has 1 aliphatic rings. The number of aromatic nitrogens is 2. The molecule has 0 aliphatic carbocycles. The monoisotopic (exact) mass is 271 g/mol. The number of carbonyl (C=O) groups excluding carboxylic acids is 1. The predicted molar refractivity (Wildman–Crippen MR) is 71.2 cm³/mol. The Hall–Kier alpha value is -2.50. The molecule has 2 aromatic rings. The number of para-hydroxylation sites is 1. The third kappa shape index (κ3) is 2.09. The van der Waals surface area contributed by atoms with Crippen molar-refractivity contribution >= 4 is 22.9 Å². The minimum atomic E-state index is -0.849. The van der Waals surface area contributed by atoms with Crippen molar-refractivity contribution in [3.63, 3.8) is 0 Å². The van der Waals surface area contributed by atoms with Gasteiger partial charge < -0.3 is 10.0 Å². The van der Waals surface area contributed by atoms with E-state index >= 15 is 0 Å². The number of aliphatic carboxylic acids is 1. The molecule has 1 aromatic carbocycles. The maximum atomic E-state index is 12.5. The Morgan fingerprint density at radius 1 is 1.25 bits per heavy atom. The second-order valence-electron chi connectivity index (χ2n) is 4.80. The highest BCUT2D eigenvalue weighted by atomic mass is 16.4. The van der Waals surface area contributed by atoms with Crippen LogP contribution in [0.25, 0.3) is 11.0 Å². The molecule has 1 saturated heterocycles. The van der Waals surface area contributed by atoms with Crippen LogP contribution in [0.15, 0.2) is 30.6 Å². The third-order valence-electron chi connectivity index (χ3n) is 3.55. The summed E-state index contributed by atoms with van der Waals surface area (Å²) in [6.45, 7) is 0.720. The van der Waals surface area contributed by atoms with E-state index in [4.69, 9.17) is 5.11 Å². The number of rotatable bonds is 2. The van der Waals surface area contributed by atoms with Crippen molar-refractivity contribution in [2.24, 2.45) is 5.92 Å². The van der Waals surface area contributed by atoms with Crippen LogP contribution in [0.5, 0.6) is 0 Å². The number of carboxylic acids is 1. The molecule has 2 heterocycles. The van der Waals surface area contributed by atoms with Crippen LogP contribution >= 0.6 is 0 Å². The molecule has 102 valence electrons. The minimum Gasteiger partial charge on any atom is -0.481 e. The quantitative estimate of drug-likeness (QED) is 0.886. The molecule has 1 unspecified atom stereocenters. The lowest BCUT2D eigenvalue weighted by molar-refractivity contribution is -0.141. The Labute approximate surface area is 115 Å². The lowest BCUT2D eigenvalue weighted by Gasteiger charge is -2.16. The van der Waals surface area contributed by atoms with Crippen LogP contribution in [-0.2, 0) is 4.79 Å². The predicted octanol–water partition coefficient (Wildman–Crippen LogP) is 1.18. The molecule has 0 bridgehead atoms. The van der Waals surface area contributed by atoms with Gasteiger partial charge in [0.2, 0.25) is 0 Å². The van der Waals surface area contributed by atoms with Crippen molar-refractivity contribution in [3.8, 4) is 0 Å². The molecule has 0 radical (unpaired) electrons. The van der Waals surface area contributed by atoms with E-state index in [-0.39, 0.29) is 12.5 Å². The summed E-state index contributed by atoms with van der Waals surface area (Å²) in [4.78, 5) is 33.4. The molecular weight excluding hydrogens is 258 g/mol. The van der Waals surface area contributed by atoms with E-state index < -0.39 is 11.9 Å². The maximum Gasteiger partial charge on any atom is 0.308 e. The number of nitrogens with zero attached hydrogens (tertiary/aromatic N) is 3. The van der Waals surface area contributed by atoms with E-state index in [1.54, 1.807) is 35.5 Å². The fraction of sp³-hybridized carbons (Fsp3) is 0.286. The Kier molecular flexibility index (Phi) is 3.06. The van der Waals surface area contributed by atoms with Crippen LogP contribution in [0.4, 0.5) is 0 Å². The summed E-state index contributed by atoms with van der Waals surface area (Å²) in [5, 5.41) is 8.99. The van der Waals surface area contributed by atoms with Gasteiger partial charge in [-0.15, -0.1) is 0 Å². The van der Waals surface area contributed by atoms with Crippen LogP contribution in [0.2, 0.25) is 0 Å². The molecule has 1 fully saturated rings. The van der Waals surface area contributed by atoms with Gasteiger partial charge in [0.25, 0.3) is 5.91 Å². The Morgan fingerprint density at radius 3 is 2.80 bits per heavy atom. The topological polar surface area (TPSA) is 83.4 Å². The molecule has 1 aliphatic heterocycles. The van der Waals surface area contributed by atoms with Crippen LogP contribution < -0.4 is 0 Å². The summed E-state index contributed by atoms with van der Waals surface area (Å²) >= 11 is 0. The first-order valence-electron chi connectivity index (χ1n) is 6.38. The van der Waals surface area contributed by atoms with Gasteiger partial charge in [-0.1, -0.05) is 6.07 Å². The zero-order valence-electron chi connectivity index (χ0n) is 10.7. The number of hydrogen-bond acceptors (Lipinski definition) is 4. The van der Waals surface area contributed by atoms with Crippen molar-refractivity contribution < 1.29 is 14.7 Å². The maximum absolute atomic E-state index is 12.5. The smallest absolute Gasteiger partial charge is 0.308 e. The molecule has 0 spiro atoms. The molecule has 3 rings (SSSR count). The van der Waals surface area contributed by atoms with Crippen molar-refractivity contribution in [2.45, 2.75) is 6.42 Å². The van der Waals surface area contributed by atoms with E-state index in [2.05, 4.69) is 9.97 Å². The standard InChI is InChI=1S/C14H13N3O3/c18-13(17-7-4-9(8-17)14(19)20)10-2-1-3-11-12(10)16-6-5-15-11/h1-3,5-6,9H,4,7-8H2,(H,19,20). The van der Waals surface area contributed by atoms with Crippen LogP contribution in [-0.4, -0.2) is 44.9 Å². The van der Waals surface area contributed by atoms with E-state index in [9.17, 15) is 9.59 Å². The van der Waals surface area contributed by atoms with Gasteiger partial charge in [0.05, 0.1) is 17.0 Å². The second kappa shape index (κ2) is 4.88. The lowest BCUT2D eigenvalue weighted by atomic mass is 10.1. The molecule has 1 N–H and O–H groups in total. The zero-order chi connectivity index (χ0) is 14.1. The fourth-order valence-corrected chi connectivity index (χ4v) is 2.48. The van der Waals surface area contributed by atoms with Gasteiger partial charge in [-0.25, -0.2) is 0 Å². The van der Waals surface area contributed by atoms with Crippen molar-refractivity contribution in [1.82, 2.24) is 14.9 Å². The highest BCUT2D eigenvalue weighted by molar-refractivity contribution is 6.04. The molecule has 20 heavy (non-hydrogen) atoms. The fourth-order valence-electron chi connectivity index (χ4n) is 2.48. The number of carbonyl (C=O) groups is 2. The largest absolute Gasteiger partial charge is 0.481 e. The van der Waals surface area contributed by atoms with E-state index in [1.807, 2.05) is 0 Å². The molecular formula is C14H13N3O3. The van der Waals surface area contributed by atoms with Gasteiger partial charge in [0.15, 0.2) is 0 Å². The van der Waals surface area contributed by atoms with E-state index in [1.165, 1.54) is 0 Å². The first kappa shape index (κ1) is 12.5. The SMILES string of the molecule is O=C(O)C1CCN(C(=O)c2cccc3nccnc23)C1. The van der Waals surface area contributed by atoms with E-state index in [0.29, 0.717) is 29.6 Å². The molecule has 0 saturated carbocycles. The first-order chi connectivity index (χ1) is 9.66. The lowest BCUT2D eigenvalue weighted by Crippen LogP contribution is -2.30. The summed E-state index contributed by atoms with van der Waals surface area (Å²) in [6, 6.07) is 5.26. The number of likely N-dealkylation sites (tertiary alicyclic amines) is 1. The molecule has 1 atom stereocenters. The number of fused-ring (bicyclic) bond motifs is 1. The van der Waals surface area contributed by atoms with Gasteiger partial charge in [-0.2, -0.15) is 0 Å². The van der Waals surface area contributed by atoms with Crippen molar-refractivity contribution in [3.05, 3.63) is 36.2 Å². The highest BCUT2D eigenvalue weighted by Crippen LogP contribution is 2.21. The van der Waals surface area contributed by atoms with E-state index in [0.717, 1.165) is 0 Å². The molecule has 1 aromatic heterocycles. The summed E-state index contributed by atoms with van der Waals surface area (Å²) in [5.41, 5.74) is 1.69. The first-order valence-corrected chi connectivity index (χ1v) is 6.38. The zero-order valence-corrected chi connectivity index (χ0v) is 10.7. The Balaban J connectivity index is 1.92.